The van der Waals surface area contributed by atoms with Gasteiger partial charge in [-0.3, -0.25) is 9.36 Å². The van der Waals surface area contributed by atoms with Crippen molar-refractivity contribution >= 4 is 26.0 Å². The zero-order valence-corrected chi connectivity index (χ0v) is 16.0. The molecule has 1 saturated carbocycles. The summed E-state index contributed by atoms with van der Waals surface area (Å²) in [5.41, 5.74) is 6.77. The maximum Gasteiger partial charge on any atom is 0.368 e. The molecule has 142 valence electrons. The summed E-state index contributed by atoms with van der Waals surface area (Å²) in [6, 6.07) is 8.28. The van der Waals surface area contributed by atoms with Crippen LogP contribution in [0.25, 0.3) is 0 Å². The van der Waals surface area contributed by atoms with E-state index >= 15 is 0 Å². The molecule has 8 heteroatoms. The molecule has 2 rings (SSSR count). The van der Waals surface area contributed by atoms with Gasteiger partial charge in [-0.2, -0.15) is 0 Å². The molecule has 6 nitrogen and oxygen atoms in total. The normalized spacial score (nSPS) is 19.4. The van der Waals surface area contributed by atoms with Crippen LogP contribution in [0.15, 0.2) is 30.3 Å². The predicted octanol–water partition coefficient (Wildman–Crippen LogP) is 3.00. The van der Waals surface area contributed by atoms with Gasteiger partial charge >= 0.3 is 13.6 Å². The van der Waals surface area contributed by atoms with Gasteiger partial charge in [0, 0.05) is 5.92 Å². The Morgan fingerprint density at radius 2 is 1.84 bits per heavy atom. The standard InChI is InChI=1S/C17H26NO5P.ClH/c1-17(24(20,21)22,14-10-6-3-7-11-14)23-16(19)15(18)12-13-8-4-2-5-9-13;/h2,4-5,8-9,14-15H,3,6-7,10-12,18H2,1H3,(H2,20,21,22);1H/t15-,17?;/m0./s1. The lowest BCUT2D eigenvalue weighted by molar-refractivity contribution is -0.159. The molecule has 2 atom stereocenters. The third-order valence-corrected chi connectivity index (χ3v) is 6.46. The van der Waals surface area contributed by atoms with Crippen LogP contribution in [0.3, 0.4) is 0 Å². The number of halogens is 1. The Hall–Kier alpha value is -0.910. The Bertz CT molecular complexity index is 602. The molecule has 0 heterocycles. The number of rotatable bonds is 6. The molecule has 25 heavy (non-hydrogen) atoms. The topological polar surface area (TPSA) is 110 Å². The number of ether oxygens (including phenoxy) is 1. The summed E-state index contributed by atoms with van der Waals surface area (Å²) in [5.74, 6) is -1.12. The van der Waals surface area contributed by atoms with E-state index in [1.54, 1.807) is 0 Å². The highest BCUT2D eigenvalue weighted by Crippen LogP contribution is 2.58. The summed E-state index contributed by atoms with van der Waals surface area (Å²) >= 11 is 0. The van der Waals surface area contributed by atoms with Crippen LogP contribution in [0, 0.1) is 5.92 Å². The van der Waals surface area contributed by atoms with Gasteiger partial charge in [0.1, 0.15) is 6.04 Å². The van der Waals surface area contributed by atoms with Crippen molar-refractivity contribution in [1.82, 2.24) is 0 Å². The zero-order chi connectivity index (χ0) is 17.8. The average molecular weight is 392 g/mol. The molecule has 0 bridgehead atoms. The summed E-state index contributed by atoms with van der Waals surface area (Å²) in [7, 11) is -4.63. The Balaban J connectivity index is 0.00000312. The van der Waals surface area contributed by atoms with Gasteiger partial charge in [0.15, 0.2) is 0 Å². The molecule has 1 aromatic rings. The van der Waals surface area contributed by atoms with E-state index in [-0.39, 0.29) is 24.7 Å². The summed E-state index contributed by atoms with van der Waals surface area (Å²) in [5, 5.41) is -1.81. The first-order valence-corrected chi connectivity index (χ1v) is 9.93. The molecule has 1 aromatic carbocycles. The minimum Gasteiger partial charge on any atom is -0.445 e. The van der Waals surface area contributed by atoms with Crippen LogP contribution >= 0.6 is 20.0 Å². The summed E-state index contributed by atoms with van der Waals surface area (Å²) in [6.07, 6.45) is 4.35. The zero-order valence-electron chi connectivity index (χ0n) is 14.3. The Morgan fingerprint density at radius 1 is 1.28 bits per heavy atom. The van der Waals surface area contributed by atoms with Gasteiger partial charge in [0.2, 0.25) is 5.34 Å². The van der Waals surface area contributed by atoms with E-state index < -0.39 is 24.9 Å². The number of nitrogens with two attached hydrogens (primary N) is 1. The summed E-state index contributed by atoms with van der Waals surface area (Å²) in [4.78, 5) is 32.0. The number of benzene rings is 1. The molecule has 0 aliphatic heterocycles. The largest absolute Gasteiger partial charge is 0.445 e. The van der Waals surface area contributed by atoms with Crippen LogP contribution in [0.1, 0.15) is 44.6 Å². The van der Waals surface area contributed by atoms with E-state index in [2.05, 4.69) is 0 Å². The van der Waals surface area contributed by atoms with Crippen molar-refractivity contribution in [2.24, 2.45) is 11.7 Å². The summed E-state index contributed by atoms with van der Waals surface area (Å²) < 4.78 is 17.4. The molecule has 4 N–H and O–H groups in total. The smallest absolute Gasteiger partial charge is 0.368 e. The number of carbonyl (C=O) groups is 1. The van der Waals surface area contributed by atoms with E-state index in [4.69, 9.17) is 10.5 Å². The second-order valence-electron chi connectivity index (χ2n) is 6.65. The Kier molecular flexibility index (Phi) is 8.10. The molecular weight excluding hydrogens is 365 g/mol. The molecule has 1 aliphatic carbocycles. The highest BCUT2D eigenvalue weighted by atomic mass is 35.5. The van der Waals surface area contributed by atoms with Crippen molar-refractivity contribution in [3.63, 3.8) is 0 Å². The number of hydrogen-bond donors (Lipinski definition) is 3. The van der Waals surface area contributed by atoms with Gasteiger partial charge in [-0.05, 0) is 31.7 Å². The molecule has 0 amide bonds. The van der Waals surface area contributed by atoms with Crippen molar-refractivity contribution < 1.29 is 23.9 Å². The lowest BCUT2D eigenvalue weighted by Crippen LogP contribution is -2.45. The highest BCUT2D eigenvalue weighted by molar-refractivity contribution is 7.53. The second-order valence-corrected chi connectivity index (χ2v) is 8.63. The monoisotopic (exact) mass is 391 g/mol. The average Bonchev–Trinajstić information content (AvgIpc) is 2.55. The third-order valence-electron chi connectivity index (χ3n) is 4.85. The third kappa shape index (κ3) is 5.53. The first kappa shape index (κ1) is 22.1. The number of esters is 1. The Morgan fingerprint density at radius 3 is 2.36 bits per heavy atom. The lowest BCUT2D eigenvalue weighted by atomic mass is 9.85. The van der Waals surface area contributed by atoms with Crippen molar-refractivity contribution in [2.45, 2.75) is 56.8 Å². The molecule has 0 spiro atoms. The fourth-order valence-corrected chi connectivity index (χ4v) is 4.19. The maximum atomic E-state index is 12.4. The predicted molar refractivity (Wildman–Crippen MR) is 98.5 cm³/mol. The van der Waals surface area contributed by atoms with Crippen molar-refractivity contribution in [2.75, 3.05) is 0 Å². The summed E-state index contributed by atoms with van der Waals surface area (Å²) in [6.45, 7) is 1.34. The van der Waals surface area contributed by atoms with Gasteiger partial charge in [0.25, 0.3) is 0 Å². The van der Waals surface area contributed by atoms with E-state index in [0.29, 0.717) is 12.8 Å². The highest BCUT2D eigenvalue weighted by Gasteiger charge is 2.52. The first-order chi connectivity index (χ1) is 11.2. The fourth-order valence-electron chi connectivity index (χ4n) is 3.25. The second kappa shape index (κ2) is 9.15. The van der Waals surface area contributed by atoms with Crippen molar-refractivity contribution in [1.29, 1.82) is 0 Å². The number of hydrogen-bond acceptors (Lipinski definition) is 4. The molecule has 0 aromatic heterocycles. The van der Waals surface area contributed by atoms with Crippen LogP contribution < -0.4 is 5.73 Å². The van der Waals surface area contributed by atoms with Gasteiger partial charge in [0.05, 0.1) is 0 Å². The SMILES string of the molecule is CC(OC(=O)[C@@H](N)Cc1ccccc1)(C1CCCCC1)P(=O)(O)O.Cl. The van der Waals surface area contributed by atoms with Crippen molar-refractivity contribution in [3.05, 3.63) is 35.9 Å². The number of carbonyl (C=O) groups excluding carboxylic acids is 1. The molecule has 1 unspecified atom stereocenters. The van der Waals surface area contributed by atoms with Crippen LogP contribution in [0.5, 0.6) is 0 Å². The molecule has 0 saturated heterocycles. The Labute approximate surface area is 154 Å². The van der Waals surface area contributed by atoms with Crippen LogP contribution in [-0.4, -0.2) is 27.1 Å². The maximum absolute atomic E-state index is 12.4. The minimum atomic E-state index is -4.63. The fraction of sp³-hybridized carbons (Fsp3) is 0.588. The van der Waals surface area contributed by atoms with Gasteiger partial charge in [-0.1, -0.05) is 49.6 Å². The van der Waals surface area contributed by atoms with Gasteiger partial charge in [-0.25, -0.2) is 0 Å². The van der Waals surface area contributed by atoms with Crippen molar-refractivity contribution in [3.8, 4) is 0 Å². The van der Waals surface area contributed by atoms with Gasteiger partial charge in [-0.15, -0.1) is 12.4 Å². The van der Waals surface area contributed by atoms with Crippen LogP contribution in [-0.2, 0) is 20.5 Å². The van der Waals surface area contributed by atoms with Gasteiger partial charge < -0.3 is 20.3 Å². The molecule has 0 radical (unpaired) electrons. The van der Waals surface area contributed by atoms with E-state index in [0.717, 1.165) is 24.8 Å². The molecule has 1 aliphatic rings. The molecule has 1 fully saturated rings. The van der Waals surface area contributed by atoms with E-state index in [1.165, 1.54) is 6.92 Å². The van der Waals surface area contributed by atoms with E-state index in [1.807, 2.05) is 30.3 Å². The quantitative estimate of drug-likeness (QED) is 0.508. The van der Waals surface area contributed by atoms with E-state index in [9.17, 15) is 19.1 Å². The molecular formula is C17H27ClNO5P. The lowest BCUT2D eigenvalue weighted by Gasteiger charge is -2.39. The van der Waals surface area contributed by atoms with Crippen LogP contribution in [0.4, 0.5) is 0 Å². The first-order valence-electron chi connectivity index (χ1n) is 8.32. The minimum absolute atomic E-state index is 0. The van der Waals surface area contributed by atoms with Crippen LogP contribution in [0.2, 0.25) is 0 Å².